The Balaban J connectivity index is 2.30. The van der Waals surface area contributed by atoms with Crippen molar-refractivity contribution in [2.75, 3.05) is 7.11 Å². The molecule has 0 amide bonds. The molecule has 0 saturated carbocycles. The largest absolute Gasteiger partial charge is 0.465 e. The third-order valence-corrected chi connectivity index (χ3v) is 3.34. The van der Waals surface area contributed by atoms with Crippen molar-refractivity contribution in [2.24, 2.45) is 0 Å². The van der Waals surface area contributed by atoms with Crippen LogP contribution in [0.4, 0.5) is 0 Å². The highest BCUT2D eigenvalue weighted by Gasteiger charge is 2.03. The van der Waals surface area contributed by atoms with Crippen LogP contribution in [0.1, 0.15) is 67.8 Å². The fraction of sp³-hybridized carbons (Fsp3) is 0.500. The van der Waals surface area contributed by atoms with Crippen LogP contribution in [0.25, 0.3) is 6.08 Å². The van der Waals surface area contributed by atoms with Gasteiger partial charge >= 0.3 is 5.97 Å². The van der Waals surface area contributed by atoms with Crippen LogP contribution >= 0.6 is 0 Å². The number of methoxy groups -OCH3 is 1. The predicted molar refractivity (Wildman–Crippen MR) is 84.8 cm³/mol. The first-order valence-electron chi connectivity index (χ1n) is 7.63. The van der Waals surface area contributed by atoms with Crippen molar-refractivity contribution >= 4 is 12.0 Å². The van der Waals surface area contributed by atoms with Gasteiger partial charge in [0.15, 0.2) is 0 Å². The molecule has 0 aliphatic heterocycles. The topological polar surface area (TPSA) is 26.3 Å². The predicted octanol–water partition coefficient (Wildman–Crippen LogP) is 5.24. The normalized spacial score (nSPS) is 10.9. The van der Waals surface area contributed by atoms with Gasteiger partial charge in [-0.25, -0.2) is 4.79 Å². The number of hydrogen-bond donors (Lipinski definition) is 0. The molecule has 110 valence electrons. The van der Waals surface area contributed by atoms with Crippen molar-refractivity contribution < 1.29 is 9.53 Å². The molecule has 0 unspecified atom stereocenters. The van der Waals surface area contributed by atoms with E-state index in [0.717, 1.165) is 12.0 Å². The number of esters is 1. The quantitative estimate of drug-likeness (QED) is 0.455. The number of ether oxygens (including phenoxy) is 1. The van der Waals surface area contributed by atoms with Gasteiger partial charge in [-0.05, 0) is 30.5 Å². The van der Waals surface area contributed by atoms with Crippen LogP contribution < -0.4 is 0 Å². The molecule has 2 heteroatoms. The molecule has 0 saturated heterocycles. The van der Waals surface area contributed by atoms with Crippen molar-refractivity contribution in [3.63, 3.8) is 0 Å². The zero-order valence-electron chi connectivity index (χ0n) is 12.7. The maximum Gasteiger partial charge on any atom is 0.337 e. The Morgan fingerprint density at radius 1 is 1.15 bits per heavy atom. The van der Waals surface area contributed by atoms with E-state index in [4.69, 9.17) is 4.74 Å². The molecule has 0 aromatic heterocycles. The maximum atomic E-state index is 11.4. The second-order valence-electron chi connectivity index (χ2n) is 5.08. The lowest BCUT2D eigenvalue weighted by molar-refractivity contribution is 0.0600. The van der Waals surface area contributed by atoms with E-state index in [-0.39, 0.29) is 5.97 Å². The summed E-state index contributed by atoms with van der Waals surface area (Å²) in [6.07, 6.45) is 13.3. The highest BCUT2D eigenvalue weighted by molar-refractivity contribution is 5.89. The minimum Gasteiger partial charge on any atom is -0.465 e. The lowest BCUT2D eigenvalue weighted by Gasteiger charge is -2.00. The summed E-state index contributed by atoms with van der Waals surface area (Å²) in [4.78, 5) is 11.4. The van der Waals surface area contributed by atoms with Crippen molar-refractivity contribution in [3.8, 4) is 0 Å². The molecule has 0 aliphatic rings. The molecule has 1 rings (SSSR count). The average molecular weight is 274 g/mol. The fourth-order valence-corrected chi connectivity index (χ4v) is 2.15. The smallest absolute Gasteiger partial charge is 0.337 e. The first-order chi connectivity index (χ1) is 9.77. The zero-order chi connectivity index (χ0) is 14.6. The van der Waals surface area contributed by atoms with Gasteiger partial charge < -0.3 is 4.74 Å². The van der Waals surface area contributed by atoms with E-state index in [1.54, 1.807) is 6.07 Å². The number of carbonyl (C=O) groups is 1. The minimum atomic E-state index is -0.281. The number of allylic oxidation sites excluding steroid dienone is 1. The lowest BCUT2D eigenvalue weighted by atomic mass is 10.1. The summed E-state index contributed by atoms with van der Waals surface area (Å²) in [6.45, 7) is 2.24. The Kier molecular flexibility index (Phi) is 8.44. The number of hydrogen-bond acceptors (Lipinski definition) is 2. The van der Waals surface area contributed by atoms with Gasteiger partial charge in [0.25, 0.3) is 0 Å². The van der Waals surface area contributed by atoms with Crippen LogP contribution in [0.15, 0.2) is 30.3 Å². The van der Waals surface area contributed by atoms with Gasteiger partial charge in [-0.3, -0.25) is 0 Å². The molecule has 1 aromatic carbocycles. The van der Waals surface area contributed by atoms with E-state index in [9.17, 15) is 4.79 Å². The highest BCUT2D eigenvalue weighted by atomic mass is 16.5. The summed E-state index contributed by atoms with van der Waals surface area (Å²) in [7, 11) is 1.41. The molecule has 0 spiro atoms. The van der Waals surface area contributed by atoms with Gasteiger partial charge in [0.1, 0.15) is 0 Å². The van der Waals surface area contributed by atoms with E-state index in [1.807, 2.05) is 18.2 Å². The van der Waals surface area contributed by atoms with Crippen molar-refractivity contribution in [1.29, 1.82) is 0 Å². The fourth-order valence-electron chi connectivity index (χ4n) is 2.15. The lowest BCUT2D eigenvalue weighted by Crippen LogP contribution is -2.00. The van der Waals surface area contributed by atoms with Crippen LogP contribution in [0.2, 0.25) is 0 Å². The molecule has 0 heterocycles. The summed E-state index contributed by atoms with van der Waals surface area (Å²) < 4.78 is 4.72. The Bertz CT molecular complexity index is 421. The minimum absolute atomic E-state index is 0.281. The van der Waals surface area contributed by atoms with Gasteiger partial charge in [-0.15, -0.1) is 0 Å². The van der Waals surface area contributed by atoms with Crippen LogP contribution in [0, 0.1) is 0 Å². The molecule has 0 fully saturated rings. The molecule has 2 nitrogen and oxygen atoms in total. The molecule has 0 aliphatic carbocycles. The van der Waals surface area contributed by atoms with Crippen LogP contribution in [-0.4, -0.2) is 13.1 Å². The summed E-state index contributed by atoms with van der Waals surface area (Å²) >= 11 is 0. The molecule has 0 N–H and O–H groups in total. The first-order valence-corrected chi connectivity index (χ1v) is 7.63. The molecular weight excluding hydrogens is 248 g/mol. The van der Waals surface area contributed by atoms with Gasteiger partial charge in [0.05, 0.1) is 12.7 Å². The molecular formula is C18H26O2. The highest BCUT2D eigenvalue weighted by Crippen LogP contribution is 2.11. The number of benzene rings is 1. The van der Waals surface area contributed by atoms with E-state index in [0.29, 0.717) is 5.56 Å². The Morgan fingerprint density at radius 3 is 2.65 bits per heavy atom. The van der Waals surface area contributed by atoms with Crippen LogP contribution in [-0.2, 0) is 4.74 Å². The van der Waals surface area contributed by atoms with E-state index >= 15 is 0 Å². The van der Waals surface area contributed by atoms with Gasteiger partial charge in [0.2, 0.25) is 0 Å². The average Bonchev–Trinajstić information content (AvgIpc) is 2.49. The summed E-state index contributed by atoms with van der Waals surface area (Å²) in [5.41, 5.74) is 1.66. The van der Waals surface area contributed by atoms with Gasteiger partial charge in [0, 0.05) is 0 Å². The van der Waals surface area contributed by atoms with E-state index < -0.39 is 0 Å². The standard InChI is InChI=1S/C18H26O2/c1-3-4-5-6-7-8-9-10-12-16-13-11-14-17(15-16)18(19)20-2/h10-15H,3-9H2,1-2H3/b12-10+. The van der Waals surface area contributed by atoms with Crippen molar-refractivity contribution in [3.05, 3.63) is 41.5 Å². The molecule has 1 aromatic rings. The molecule has 0 radical (unpaired) electrons. The number of unbranched alkanes of at least 4 members (excludes halogenated alkanes) is 6. The summed E-state index contributed by atoms with van der Waals surface area (Å²) in [5.74, 6) is -0.281. The van der Waals surface area contributed by atoms with Crippen molar-refractivity contribution in [2.45, 2.75) is 51.9 Å². The van der Waals surface area contributed by atoms with E-state index in [1.165, 1.54) is 45.6 Å². The van der Waals surface area contributed by atoms with Crippen LogP contribution in [0.5, 0.6) is 0 Å². The number of carbonyl (C=O) groups excluding carboxylic acids is 1. The molecule has 0 atom stereocenters. The molecule has 0 bridgehead atoms. The maximum absolute atomic E-state index is 11.4. The van der Waals surface area contributed by atoms with Crippen LogP contribution in [0.3, 0.4) is 0 Å². The first kappa shape index (κ1) is 16.5. The van der Waals surface area contributed by atoms with Crippen molar-refractivity contribution in [1.82, 2.24) is 0 Å². The monoisotopic (exact) mass is 274 g/mol. The third-order valence-electron chi connectivity index (χ3n) is 3.34. The van der Waals surface area contributed by atoms with Gasteiger partial charge in [-0.1, -0.05) is 63.3 Å². The summed E-state index contributed by atoms with van der Waals surface area (Å²) in [6, 6.07) is 7.53. The van der Waals surface area contributed by atoms with Gasteiger partial charge in [-0.2, -0.15) is 0 Å². The summed E-state index contributed by atoms with van der Waals surface area (Å²) in [5, 5.41) is 0. The van der Waals surface area contributed by atoms with E-state index in [2.05, 4.69) is 19.1 Å². The molecule has 20 heavy (non-hydrogen) atoms. The third kappa shape index (κ3) is 6.55. The SMILES string of the molecule is CCCCCCCC/C=C/c1cccc(C(=O)OC)c1. The Hall–Kier alpha value is -1.57. The second-order valence-corrected chi connectivity index (χ2v) is 5.08. The Morgan fingerprint density at radius 2 is 1.90 bits per heavy atom. The zero-order valence-corrected chi connectivity index (χ0v) is 12.7. The Labute approximate surface area is 122 Å². The number of rotatable bonds is 9. The second kappa shape index (κ2) is 10.2.